The van der Waals surface area contributed by atoms with Crippen LogP contribution in [-0.4, -0.2) is 25.0 Å². The number of fused-ring (bicyclic) bond motifs is 1. The Hall–Kier alpha value is -4.19. The molecule has 152 valence electrons. The highest BCUT2D eigenvalue weighted by Gasteiger charge is 2.10. The largest absolute Gasteiger partial charge is 0.333 e. The van der Waals surface area contributed by atoms with Crippen molar-refractivity contribution in [2.45, 2.75) is 6.54 Å². The van der Waals surface area contributed by atoms with E-state index in [1.807, 2.05) is 84.5 Å². The predicted molar refractivity (Wildman–Crippen MR) is 122 cm³/mol. The number of imidazole rings is 2. The van der Waals surface area contributed by atoms with Gasteiger partial charge in [-0.25, -0.2) is 9.97 Å². The van der Waals surface area contributed by atoms with E-state index in [-0.39, 0.29) is 5.91 Å². The summed E-state index contributed by atoms with van der Waals surface area (Å²) in [5, 5.41) is 2.96. The normalized spacial score (nSPS) is 11.0. The van der Waals surface area contributed by atoms with E-state index in [4.69, 9.17) is 4.98 Å². The van der Waals surface area contributed by atoms with E-state index >= 15 is 0 Å². The number of aryl methyl sites for hydroxylation is 1. The zero-order chi connectivity index (χ0) is 21.2. The van der Waals surface area contributed by atoms with Crippen LogP contribution in [0.3, 0.4) is 0 Å². The van der Waals surface area contributed by atoms with Crippen LogP contribution in [0.4, 0.5) is 5.69 Å². The van der Waals surface area contributed by atoms with Gasteiger partial charge in [0.05, 0.1) is 17.4 Å². The molecule has 6 heteroatoms. The van der Waals surface area contributed by atoms with Crippen LogP contribution in [0.2, 0.25) is 0 Å². The van der Waals surface area contributed by atoms with Gasteiger partial charge in [0.25, 0.3) is 5.91 Å². The van der Waals surface area contributed by atoms with Gasteiger partial charge < -0.3 is 14.5 Å². The van der Waals surface area contributed by atoms with E-state index in [0.29, 0.717) is 5.56 Å². The van der Waals surface area contributed by atoms with E-state index in [1.165, 1.54) is 0 Å². The minimum atomic E-state index is -0.135. The molecular formula is C25H21N5O. The highest BCUT2D eigenvalue weighted by Crippen LogP contribution is 2.25. The number of hydrogen-bond donors (Lipinski definition) is 1. The predicted octanol–water partition coefficient (Wildman–Crippen LogP) is 4.74. The Morgan fingerprint density at radius 2 is 1.74 bits per heavy atom. The lowest BCUT2D eigenvalue weighted by molar-refractivity contribution is 0.102. The number of benzene rings is 3. The summed E-state index contributed by atoms with van der Waals surface area (Å²) in [6.07, 6.45) is 5.44. The van der Waals surface area contributed by atoms with Gasteiger partial charge in [0.1, 0.15) is 5.82 Å². The third-order valence-electron chi connectivity index (χ3n) is 5.33. The average Bonchev–Trinajstić information content (AvgIpc) is 3.43. The Morgan fingerprint density at radius 1 is 0.968 bits per heavy atom. The van der Waals surface area contributed by atoms with Crippen LogP contribution < -0.4 is 5.32 Å². The Kier molecular flexibility index (Phi) is 4.80. The highest BCUT2D eigenvalue weighted by molar-refractivity contribution is 6.04. The number of para-hydroxylation sites is 2. The van der Waals surface area contributed by atoms with Gasteiger partial charge >= 0.3 is 0 Å². The minimum absolute atomic E-state index is 0.135. The van der Waals surface area contributed by atoms with Gasteiger partial charge in [-0.3, -0.25) is 4.79 Å². The topological polar surface area (TPSA) is 64.7 Å². The van der Waals surface area contributed by atoms with Crippen LogP contribution in [0.25, 0.3) is 22.4 Å². The van der Waals surface area contributed by atoms with E-state index in [9.17, 15) is 4.79 Å². The molecule has 0 aliphatic carbocycles. The van der Waals surface area contributed by atoms with Gasteiger partial charge in [-0.05, 0) is 54.1 Å². The van der Waals surface area contributed by atoms with E-state index in [2.05, 4.69) is 20.9 Å². The molecule has 0 spiro atoms. The van der Waals surface area contributed by atoms with Gasteiger partial charge in [0.2, 0.25) is 0 Å². The van der Waals surface area contributed by atoms with Crippen LogP contribution in [-0.2, 0) is 13.6 Å². The van der Waals surface area contributed by atoms with Crippen molar-refractivity contribution in [1.29, 1.82) is 0 Å². The van der Waals surface area contributed by atoms with Crippen molar-refractivity contribution in [3.05, 3.63) is 103 Å². The van der Waals surface area contributed by atoms with Gasteiger partial charge in [0, 0.05) is 42.8 Å². The smallest absolute Gasteiger partial charge is 0.255 e. The maximum absolute atomic E-state index is 12.6. The maximum Gasteiger partial charge on any atom is 0.255 e. The van der Waals surface area contributed by atoms with Crippen LogP contribution in [0, 0.1) is 0 Å². The molecule has 5 aromatic rings. The molecule has 0 unspecified atom stereocenters. The van der Waals surface area contributed by atoms with Crippen molar-refractivity contribution < 1.29 is 4.79 Å². The Labute approximate surface area is 179 Å². The molecule has 2 aromatic heterocycles. The number of amides is 1. The lowest BCUT2D eigenvalue weighted by atomic mass is 10.1. The third-order valence-corrected chi connectivity index (χ3v) is 5.33. The van der Waals surface area contributed by atoms with Crippen molar-refractivity contribution in [2.75, 3.05) is 5.32 Å². The van der Waals surface area contributed by atoms with Gasteiger partial charge in [-0.15, -0.1) is 0 Å². The first-order valence-corrected chi connectivity index (χ1v) is 10.1. The molecule has 0 saturated carbocycles. The number of anilines is 1. The maximum atomic E-state index is 12.6. The van der Waals surface area contributed by atoms with Crippen LogP contribution in [0.5, 0.6) is 0 Å². The molecule has 0 saturated heterocycles. The fourth-order valence-corrected chi connectivity index (χ4v) is 3.66. The Bertz CT molecular complexity index is 1330. The van der Waals surface area contributed by atoms with Crippen LogP contribution >= 0.6 is 0 Å². The molecule has 0 radical (unpaired) electrons. The lowest BCUT2D eigenvalue weighted by Gasteiger charge is -2.08. The van der Waals surface area contributed by atoms with Gasteiger partial charge in [-0.2, -0.15) is 0 Å². The molecule has 31 heavy (non-hydrogen) atoms. The van der Waals surface area contributed by atoms with Crippen LogP contribution in [0.15, 0.2) is 91.5 Å². The third kappa shape index (κ3) is 3.83. The fourth-order valence-electron chi connectivity index (χ4n) is 3.66. The molecule has 1 amide bonds. The first-order valence-electron chi connectivity index (χ1n) is 10.1. The number of carbonyl (C=O) groups is 1. The first-order chi connectivity index (χ1) is 15.2. The highest BCUT2D eigenvalue weighted by atomic mass is 16.1. The van der Waals surface area contributed by atoms with Crippen molar-refractivity contribution in [3.8, 4) is 11.4 Å². The summed E-state index contributed by atoms with van der Waals surface area (Å²) in [4.78, 5) is 21.4. The Balaban J connectivity index is 1.29. The first kappa shape index (κ1) is 18.8. The second-order valence-corrected chi connectivity index (χ2v) is 7.45. The molecule has 0 bridgehead atoms. The molecule has 5 rings (SSSR count). The summed E-state index contributed by atoms with van der Waals surface area (Å²) in [5.41, 5.74) is 5.53. The van der Waals surface area contributed by atoms with Crippen molar-refractivity contribution in [3.63, 3.8) is 0 Å². The number of nitrogens with one attached hydrogen (secondary N) is 1. The molecule has 0 atom stereocenters. The van der Waals surface area contributed by atoms with Crippen molar-refractivity contribution >= 4 is 22.6 Å². The second kappa shape index (κ2) is 7.91. The standard InChI is InChI=1S/C25H21N5O/c1-29-23-5-3-2-4-22(23)28-24(29)19-10-12-21(13-11-19)27-25(31)20-8-6-18(7-9-20)16-30-15-14-26-17-30/h2-15,17H,16H2,1H3,(H,27,31). The molecule has 1 N–H and O–H groups in total. The summed E-state index contributed by atoms with van der Waals surface area (Å²) in [5.74, 6) is 0.761. The Morgan fingerprint density at radius 3 is 2.45 bits per heavy atom. The number of rotatable bonds is 5. The van der Waals surface area contributed by atoms with Crippen LogP contribution in [0.1, 0.15) is 15.9 Å². The monoisotopic (exact) mass is 407 g/mol. The molecule has 6 nitrogen and oxygen atoms in total. The molecule has 0 aliphatic rings. The molecule has 0 fully saturated rings. The van der Waals surface area contributed by atoms with Crippen molar-refractivity contribution in [2.24, 2.45) is 7.05 Å². The minimum Gasteiger partial charge on any atom is -0.333 e. The summed E-state index contributed by atoms with van der Waals surface area (Å²) < 4.78 is 4.06. The van der Waals surface area contributed by atoms with E-state index < -0.39 is 0 Å². The molecule has 2 heterocycles. The average molecular weight is 407 g/mol. The number of nitrogens with zero attached hydrogens (tertiary/aromatic N) is 4. The SMILES string of the molecule is Cn1c(-c2ccc(NC(=O)c3ccc(Cn4ccnc4)cc3)cc2)nc2ccccc21. The van der Waals surface area contributed by atoms with E-state index in [0.717, 1.165) is 40.2 Å². The molecular weight excluding hydrogens is 386 g/mol. The lowest BCUT2D eigenvalue weighted by Crippen LogP contribution is -2.12. The summed E-state index contributed by atoms with van der Waals surface area (Å²) in [6.45, 7) is 0.728. The molecule has 3 aromatic carbocycles. The second-order valence-electron chi connectivity index (χ2n) is 7.45. The number of hydrogen-bond acceptors (Lipinski definition) is 3. The van der Waals surface area contributed by atoms with Crippen molar-refractivity contribution in [1.82, 2.24) is 19.1 Å². The fraction of sp³-hybridized carbons (Fsp3) is 0.0800. The zero-order valence-corrected chi connectivity index (χ0v) is 17.1. The zero-order valence-electron chi connectivity index (χ0n) is 17.1. The number of aromatic nitrogens is 4. The summed E-state index contributed by atoms with van der Waals surface area (Å²) in [6, 6.07) is 23.4. The van der Waals surface area contributed by atoms with E-state index in [1.54, 1.807) is 12.5 Å². The summed E-state index contributed by atoms with van der Waals surface area (Å²) in [7, 11) is 2.01. The van der Waals surface area contributed by atoms with Gasteiger partial charge in [-0.1, -0.05) is 24.3 Å². The quantitative estimate of drug-likeness (QED) is 0.458. The summed E-state index contributed by atoms with van der Waals surface area (Å²) >= 11 is 0. The molecule has 0 aliphatic heterocycles. The van der Waals surface area contributed by atoms with Gasteiger partial charge in [0.15, 0.2) is 0 Å². The number of carbonyl (C=O) groups excluding carboxylic acids is 1.